The lowest BCUT2D eigenvalue weighted by atomic mass is 10.1. The van der Waals surface area contributed by atoms with E-state index in [1.165, 1.54) is 0 Å². The first kappa shape index (κ1) is 14.7. The molecule has 1 saturated heterocycles. The molecule has 1 aliphatic heterocycles. The van der Waals surface area contributed by atoms with E-state index in [1.807, 2.05) is 17.2 Å². The third-order valence-corrected chi connectivity index (χ3v) is 4.89. The second-order valence-electron chi connectivity index (χ2n) is 5.43. The lowest BCUT2D eigenvalue weighted by molar-refractivity contribution is 0.0735. The summed E-state index contributed by atoms with van der Waals surface area (Å²) >= 11 is 1.59. The molecule has 2 heterocycles. The largest absolute Gasteiger partial charge is 0.366 e. The summed E-state index contributed by atoms with van der Waals surface area (Å²) in [5.41, 5.74) is 7.12. The number of benzene rings is 1. The fourth-order valence-corrected chi connectivity index (χ4v) is 3.71. The number of carbonyl (C=O) groups is 2. The number of primary amides is 1. The van der Waals surface area contributed by atoms with Gasteiger partial charge in [-0.1, -0.05) is 6.07 Å². The number of carbonyl (C=O) groups excluding carboxylic acids is 2. The first-order valence-electron chi connectivity index (χ1n) is 7.19. The first-order valence-corrected chi connectivity index (χ1v) is 8.07. The number of thiazole rings is 1. The summed E-state index contributed by atoms with van der Waals surface area (Å²) in [7, 11) is 0. The van der Waals surface area contributed by atoms with Gasteiger partial charge in [0.25, 0.3) is 5.91 Å². The molecule has 5 nitrogen and oxygen atoms in total. The Morgan fingerprint density at radius 2 is 2.14 bits per heavy atom. The lowest BCUT2D eigenvalue weighted by Gasteiger charge is -2.23. The number of amides is 2. The molecule has 2 aromatic rings. The van der Waals surface area contributed by atoms with Gasteiger partial charge in [-0.3, -0.25) is 9.59 Å². The van der Waals surface area contributed by atoms with Gasteiger partial charge in [0.15, 0.2) is 0 Å². The molecule has 2 N–H and O–H groups in total. The smallest absolute Gasteiger partial charge is 0.254 e. The molecule has 3 rings (SSSR count). The molecule has 6 heteroatoms. The van der Waals surface area contributed by atoms with E-state index in [1.54, 1.807) is 35.6 Å². The Morgan fingerprint density at radius 1 is 1.36 bits per heavy atom. The predicted molar refractivity (Wildman–Crippen MR) is 84.8 cm³/mol. The van der Waals surface area contributed by atoms with Crippen LogP contribution in [0.15, 0.2) is 29.6 Å². The standard InChI is InChI=1S/C16H17N3O2S/c1-10-9-22-15(18-10)13-6-3-7-19(13)16(21)12-5-2-4-11(8-12)14(17)20/h2,4-5,8-9,13H,3,6-7H2,1H3,(H2,17,20)/t13-/m1/s1. The fraction of sp³-hybridized carbons (Fsp3) is 0.312. The summed E-state index contributed by atoms with van der Waals surface area (Å²) in [5, 5.41) is 2.98. The molecular weight excluding hydrogens is 298 g/mol. The molecule has 0 saturated carbocycles. The zero-order chi connectivity index (χ0) is 15.7. The molecule has 1 aliphatic rings. The van der Waals surface area contributed by atoms with Gasteiger partial charge in [-0.2, -0.15) is 0 Å². The van der Waals surface area contributed by atoms with Gasteiger partial charge in [0.2, 0.25) is 5.91 Å². The Morgan fingerprint density at radius 3 is 2.82 bits per heavy atom. The molecule has 1 aromatic heterocycles. The van der Waals surface area contributed by atoms with Crippen molar-refractivity contribution in [1.29, 1.82) is 0 Å². The summed E-state index contributed by atoms with van der Waals surface area (Å²) in [6.07, 6.45) is 1.89. The van der Waals surface area contributed by atoms with E-state index in [-0.39, 0.29) is 11.9 Å². The highest BCUT2D eigenvalue weighted by atomic mass is 32.1. The van der Waals surface area contributed by atoms with Crippen LogP contribution in [0.1, 0.15) is 50.3 Å². The van der Waals surface area contributed by atoms with Crippen molar-refractivity contribution in [2.45, 2.75) is 25.8 Å². The van der Waals surface area contributed by atoms with Crippen LogP contribution in [0.25, 0.3) is 0 Å². The van der Waals surface area contributed by atoms with Crippen molar-refractivity contribution in [3.63, 3.8) is 0 Å². The minimum Gasteiger partial charge on any atom is -0.366 e. The second-order valence-corrected chi connectivity index (χ2v) is 6.32. The highest BCUT2D eigenvalue weighted by Crippen LogP contribution is 2.34. The summed E-state index contributed by atoms with van der Waals surface area (Å²) in [5.74, 6) is -0.596. The molecule has 0 radical (unpaired) electrons. The summed E-state index contributed by atoms with van der Waals surface area (Å²) in [6, 6.07) is 6.62. The van der Waals surface area contributed by atoms with Crippen LogP contribution in [0.4, 0.5) is 0 Å². The van der Waals surface area contributed by atoms with E-state index in [0.717, 1.165) is 23.5 Å². The van der Waals surface area contributed by atoms with E-state index < -0.39 is 5.91 Å². The Hall–Kier alpha value is -2.21. The van der Waals surface area contributed by atoms with E-state index >= 15 is 0 Å². The fourth-order valence-electron chi connectivity index (χ4n) is 2.76. The number of hydrogen-bond donors (Lipinski definition) is 1. The normalized spacial score (nSPS) is 17.7. The molecule has 114 valence electrons. The molecule has 0 aliphatic carbocycles. The van der Waals surface area contributed by atoms with Crippen molar-refractivity contribution < 1.29 is 9.59 Å². The molecule has 0 unspecified atom stereocenters. The van der Waals surface area contributed by atoms with Crippen LogP contribution in [-0.4, -0.2) is 28.2 Å². The predicted octanol–water partition coefficient (Wildman–Crippen LogP) is 2.53. The Bertz CT molecular complexity index is 726. The zero-order valence-corrected chi connectivity index (χ0v) is 13.1. The monoisotopic (exact) mass is 315 g/mol. The number of aryl methyl sites for hydroxylation is 1. The molecular formula is C16H17N3O2S. The quantitative estimate of drug-likeness (QED) is 0.945. The maximum Gasteiger partial charge on any atom is 0.254 e. The highest BCUT2D eigenvalue weighted by Gasteiger charge is 2.32. The Balaban J connectivity index is 1.87. The minimum absolute atomic E-state index is 0.0310. The molecule has 0 bridgehead atoms. The van der Waals surface area contributed by atoms with Crippen molar-refractivity contribution in [2.75, 3.05) is 6.54 Å². The summed E-state index contributed by atoms with van der Waals surface area (Å²) in [4.78, 5) is 30.4. The molecule has 1 fully saturated rings. The number of aromatic nitrogens is 1. The van der Waals surface area contributed by atoms with Crippen LogP contribution in [0.2, 0.25) is 0 Å². The summed E-state index contributed by atoms with van der Waals surface area (Å²) < 4.78 is 0. The maximum absolute atomic E-state index is 12.8. The van der Waals surface area contributed by atoms with Gasteiger partial charge in [0.05, 0.1) is 6.04 Å². The second kappa shape index (κ2) is 5.88. The van der Waals surface area contributed by atoms with Crippen LogP contribution in [0.5, 0.6) is 0 Å². The van der Waals surface area contributed by atoms with Crippen LogP contribution in [0.3, 0.4) is 0 Å². The van der Waals surface area contributed by atoms with Gasteiger partial charge in [-0.25, -0.2) is 4.98 Å². The lowest BCUT2D eigenvalue weighted by Crippen LogP contribution is -2.30. The maximum atomic E-state index is 12.8. The topological polar surface area (TPSA) is 76.3 Å². The Kier molecular flexibility index (Phi) is 3.94. The third-order valence-electron chi connectivity index (χ3n) is 3.83. The minimum atomic E-state index is -0.525. The van der Waals surface area contributed by atoms with Crippen LogP contribution in [0, 0.1) is 6.92 Å². The molecule has 22 heavy (non-hydrogen) atoms. The van der Waals surface area contributed by atoms with E-state index in [9.17, 15) is 9.59 Å². The highest BCUT2D eigenvalue weighted by molar-refractivity contribution is 7.09. The van der Waals surface area contributed by atoms with Gasteiger partial charge in [-0.15, -0.1) is 11.3 Å². The van der Waals surface area contributed by atoms with Gasteiger partial charge >= 0.3 is 0 Å². The molecule has 2 amide bonds. The van der Waals surface area contributed by atoms with Gasteiger partial charge < -0.3 is 10.6 Å². The van der Waals surface area contributed by atoms with Crippen LogP contribution < -0.4 is 5.73 Å². The van der Waals surface area contributed by atoms with Crippen molar-refractivity contribution in [1.82, 2.24) is 9.88 Å². The van der Waals surface area contributed by atoms with E-state index in [2.05, 4.69) is 4.98 Å². The van der Waals surface area contributed by atoms with Crippen molar-refractivity contribution >= 4 is 23.2 Å². The van der Waals surface area contributed by atoms with E-state index in [4.69, 9.17) is 5.73 Å². The Labute approximate surface area is 132 Å². The number of rotatable bonds is 3. The van der Waals surface area contributed by atoms with Crippen LogP contribution in [-0.2, 0) is 0 Å². The number of nitrogens with zero attached hydrogens (tertiary/aromatic N) is 2. The molecule has 0 spiro atoms. The summed E-state index contributed by atoms with van der Waals surface area (Å²) in [6.45, 7) is 2.67. The number of hydrogen-bond acceptors (Lipinski definition) is 4. The van der Waals surface area contributed by atoms with Gasteiger partial charge in [0.1, 0.15) is 5.01 Å². The van der Waals surface area contributed by atoms with Crippen molar-refractivity contribution in [3.8, 4) is 0 Å². The van der Waals surface area contributed by atoms with Crippen molar-refractivity contribution in [2.24, 2.45) is 5.73 Å². The molecule has 1 atom stereocenters. The average molecular weight is 315 g/mol. The number of nitrogens with two attached hydrogens (primary N) is 1. The van der Waals surface area contributed by atoms with Crippen molar-refractivity contribution in [3.05, 3.63) is 51.5 Å². The van der Waals surface area contributed by atoms with Gasteiger partial charge in [-0.05, 0) is 38.0 Å². The van der Waals surface area contributed by atoms with E-state index in [0.29, 0.717) is 17.7 Å². The number of likely N-dealkylation sites (tertiary alicyclic amines) is 1. The van der Waals surface area contributed by atoms with Crippen LogP contribution >= 0.6 is 11.3 Å². The first-order chi connectivity index (χ1) is 10.6. The van der Waals surface area contributed by atoms with Gasteiger partial charge in [0, 0.05) is 28.7 Å². The average Bonchev–Trinajstić information content (AvgIpc) is 3.15. The molecule has 1 aromatic carbocycles. The zero-order valence-electron chi connectivity index (χ0n) is 12.3. The SMILES string of the molecule is Cc1csc([C@H]2CCCN2C(=O)c2cccc(C(N)=O)c2)n1. The third kappa shape index (κ3) is 2.74.